The van der Waals surface area contributed by atoms with Crippen LogP contribution < -0.4 is 90.1 Å². The Morgan fingerprint density at radius 3 is 1.02 bits per heavy atom. The molecule has 0 unspecified atom stereocenters. The van der Waals surface area contributed by atoms with Gasteiger partial charge in [-0.05, 0) is 262 Å². The van der Waals surface area contributed by atoms with Crippen LogP contribution in [0.1, 0.15) is 0 Å². The van der Waals surface area contributed by atoms with Crippen molar-refractivity contribution in [1.82, 2.24) is 0 Å². The number of aromatic hydroxyl groups is 2. The van der Waals surface area contributed by atoms with Gasteiger partial charge in [0.2, 0.25) is 0 Å². The number of benzene rings is 20. The minimum absolute atomic E-state index is 0.00116. The molecule has 24 rings (SSSR count). The summed E-state index contributed by atoms with van der Waals surface area (Å²) in [6.45, 7) is 0.0125. The van der Waals surface area contributed by atoms with E-state index in [9.17, 15) is 10.2 Å². The predicted octanol–water partition coefficient (Wildman–Crippen LogP) is 29.4. The fourth-order valence-electron chi connectivity index (χ4n) is 17.1. The molecule has 14 nitrogen and oxygen atoms in total. The van der Waals surface area contributed by atoms with Gasteiger partial charge in [-0.25, -0.2) is 0 Å². The van der Waals surface area contributed by atoms with Crippen molar-refractivity contribution in [3.8, 4) is 115 Å². The Morgan fingerprint density at radius 2 is 0.533 bits per heavy atom. The van der Waals surface area contributed by atoms with Crippen molar-refractivity contribution in [3.05, 3.63) is 514 Å². The highest BCUT2D eigenvalue weighted by Gasteiger charge is 2.47. The summed E-state index contributed by atoms with van der Waals surface area (Å²) in [5.74, 6) is 13.9. The fourth-order valence-corrected chi connectivity index (χ4v) is 17.4. The first-order valence-corrected chi connectivity index (χ1v) is 45.7. The van der Waals surface area contributed by atoms with E-state index < -0.39 is 0 Å². The number of phenolic OH excluding ortho intramolecular Hbond substituents is 2. The Morgan fingerprint density at radius 1 is 0.219 bits per heavy atom. The molecule has 0 amide bonds. The van der Waals surface area contributed by atoms with Crippen molar-refractivity contribution in [3.63, 3.8) is 0 Å². The van der Waals surface area contributed by atoms with Gasteiger partial charge in [0.25, 0.3) is 13.4 Å². The molecule has 137 heavy (non-hydrogen) atoms. The molecule has 17 heteroatoms. The van der Waals surface area contributed by atoms with E-state index in [1.807, 2.05) is 322 Å². The van der Waals surface area contributed by atoms with E-state index >= 15 is 0 Å². The van der Waals surface area contributed by atoms with Gasteiger partial charge in [0.15, 0.2) is 23.0 Å². The van der Waals surface area contributed by atoms with Gasteiger partial charge in [0.1, 0.15) is 92.0 Å². The quantitative estimate of drug-likeness (QED) is 0.0744. The molecule has 0 aliphatic carbocycles. The molecular weight excluding hydrogens is 1760 g/mol. The van der Waals surface area contributed by atoms with Gasteiger partial charge in [-0.1, -0.05) is 261 Å². The molecule has 0 radical (unpaired) electrons. The molecule has 0 saturated heterocycles. The first kappa shape index (κ1) is 87.2. The Bertz CT molecular complexity index is 7460. The van der Waals surface area contributed by atoms with Gasteiger partial charge in [-0.15, -0.1) is 0 Å². The van der Waals surface area contributed by atoms with Crippen molar-refractivity contribution in [2.24, 2.45) is 0 Å². The maximum Gasteiger partial charge on any atom is 0.260 e. The number of rotatable bonds is 19. The number of para-hydroxylation sites is 13. The molecule has 0 bridgehead atoms. The lowest BCUT2D eigenvalue weighted by atomic mass is 9.32. The molecule has 4 aliphatic rings. The monoisotopic (exact) mass is 1850 g/mol. The summed E-state index contributed by atoms with van der Waals surface area (Å²) in [5, 5.41) is 18.9. The van der Waals surface area contributed by atoms with Crippen LogP contribution in [0.3, 0.4) is 0 Å². The van der Waals surface area contributed by atoms with Gasteiger partial charge in [0.05, 0.1) is 4.47 Å². The second-order valence-corrected chi connectivity index (χ2v) is 33.0. The topological polar surface area (TPSA) is 133 Å². The molecule has 2 N–H and O–H groups in total. The Labute approximate surface area is 804 Å². The highest BCUT2D eigenvalue weighted by Crippen LogP contribution is 2.47. The second kappa shape index (κ2) is 41.3. The number of hydrogen-bond acceptors (Lipinski definition) is 14. The number of halogens is 1. The van der Waals surface area contributed by atoms with Crippen molar-refractivity contribution in [1.29, 1.82) is 0 Å². The average Bonchev–Trinajstić information content (AvgIpc) is 0.699. The lowest BCUT2D eigenvalue weighted by Gasteiger charge is -2.41. The number of anilines is 9. The first-order valence-electron chi connectivity index (χ1n) is 44.9. The van der Waals surface area contributed by atoms with Crippen LogP contribution in [0.2, 0.25) is 0 Å². The van der Waals surface area contributed by atoms with Crippen LogP contribution in [-0.4, -0.2) is 23.6 Å². The lowest BCUT2D eigenvalue weighted by molar-refractivity contribution is 0.415. The van der Waals surface area contributed by atoms with Crippen LogP contribution in [0.25, 0.3) is 0 Å². The molecule has 0 aromatic heterocycles. The highest BCUT2D eigenvalue weighted by atomic mass is 79.9. The van der Waals surface area contributed by atoms with Crippen LogP contribution in [-0.2, 0) is 0 Å². The maximum atomic E-state index is 9.73. The Kier molecular flexibility index (Phi) is 26.3. The number of ether oxygens (including phenoxy) is 9. The molecule has 4 aliphatic heterocycles. The summed E-state index contributed by atoms with van der Waals surface area (Å²) in [4.78, 5) is 6.66. The van der Waals surface area contributed by atoms with Crippen LogP contribution in [0.5, 0.6) is 115 Å². The molecule has 0 atom stereocenters. The molecule has 0 saturated carbocycles. The van der Waals surface area contributed by atoms with E-state index in [1.54, 1.807) is 36.4 Å². The Balaban J connectivity index is 0.000000112. The highest BCUT2D eigenvalue weighted by molar-refractivity contribution is 9.10. The standard InChI is InChI=1S/C36H21B2NO3.C36H27NO3.C18H13BrO2.C18H15NO.C12H10O2/c1-2-10-22(11-3-1)39-27-14-6-4-12-23(27)37-25-20-21-26-36(35(25)41-30-17-8-15-28(39)33(30)37)42-32-19-9-18-31-34(32)38(26)24-13-5-7-16-29(24)40-31;1-4-14-28(15-5-1)37(29-16-6-2-7-17-29)30-18-12-21-32(26-30)39-35-24-10-11-25-36(35)40-34-23-13-22-33(27-34)38-31-19-8-3-9-20-31;19-17-11-4-5-12-18(17)21-16-10-6-9-15(13-16)20-14-7-2-1-3-8-14;20-18-13-7-12-17(14-18)19(15-8-3-1-4-9-15)16-10-5-2-6-11-16;13-10-5-4-8-12(9-10)14-11-6-2-1-3-7-11/h1-21H;1-27H;1-13H;1-14,20H;1-9,13H. The minimum atomic E-state index is -0.00116. The number of hydrogen-bond donors (Lipinski definition) is 2. The van der Waals surface area contributed by atoms with E-state index in [0.717, 1.165) is 141 Å². The summed E-state index contributed by atoms with van der Waals surface area (Å²) in [5.41, 5.74) is 16.5. The van der Waals surface area contributed by atoms with E-state index in [1.165, 1.54) is 16.6 Å². The SMILES string of the molecule is Brc1ccccc1Oc1cccc(Oc2ccccc2)c1.Oc1cccc(N(c2ccccc2)c2ccccc2)c1.Oc1cccc(Oc2ccccc2)c1.c1ccc(N2c3ccccc3B3c4ccc5c(c4Oc4cccc2c43)Oc2cccc3c2B5c2ccccc2O3)cc1.c1ccc(Oc2cccc(Oc3ccccc3Oc3cccc(N(c4ccccc4)c4ccccc4)c3)c2)cc1. The molecule has 20 aromatic carbocycles. The molecule has 0 fully saturated rings. The fraction of sp³-hybridized carbons (Fsp3) is 0. The summed E-state index contributed by atoms with van der Waals surface area (Å²) < 4.78 is 56.7. The van der Waals surface area contributed by atoms with Gasteiger partial charge < -0.3 is 67.5 Å². The van der Waals surface area contributed by atoms with Gasteiger partial charge >= 0.3 is 0 Å². The average molecular weight is 1850 g/mol. The molecule has 660 valence electrons. The minimum Gasteiger partial charge on any atom is -0.508 e. The second-order valence-electron chi connectivity index (χ2n) is 32.1. The smallest absolute Gasteiger partial charge is 0.260 e. The third-order valence-corrected chi connectivity index (χ3v) is 23.7. The number of fused-ring (bicyclic) bond motifs is 9. The van der Waals surface area contributed by atoms with Crippen LogP contribution in [0, 0.1) is 0 Å². The normalized spacial score (nSPS) is 11.4. The van der Waals surface area contributed by atoms with Crippen molar-refractivity contribution in [2.75, 3.05) is 14.7 Å². The molecular formula is C120H86B2BrN3O11. The first-order chi connectivity index (χ1) is 67.7. The third kappa shape index (κ3) is 20.2. The van der Waals surface area contributed by atoms with E-state index in [-0.39, 0.29) is 24.9 Å². The van der Waals surface area contributed by atoms with Gasteiger partial charge in [-0.2, -0.15) is 0 Å². The Hall–Kier alpha value is -17.8. The lowest BCUT2D eigenvalue weighted by Crippen LogP contribution is -2.61. The van der Waals surface area contributed by atoms with Crippen molar-refractivity contribution >= 4 is 113 Å². The van der Waals surface area contributed by atoms with Crippen LogP contribution >= 0.6 is 15.9 Å². The van der Waals surface area contributed by atoms with Gasteiger partial charge in [0, 0.05) is 87.0 Å². The third-order valence-electron chi connectivity index (χ3n) is 23.0. The molecule has 4 heterocycles. The van der Waals surface area contributed by atoms with E-state index in [2.05, 4.69) is 182 Å². The van der Waals surface area contributed by atoms with E-state index in [0.29, 0.717) is 34.5 Å². The number of nitrogens with zero attached hydrogens (tertiary/aromatic N) is 3. The van der Waals surface area contributed by atoms with Crippen molar-refractivity contribution in [2.45, 2.75) is 0 Å². The van der Waals surface area contributed by atoms with Crippen LogP contribution in [0.4, 0.5) is 51.2 Å². The van der Waals surface area contributed by atoms with Crippen LogP contribution in [0.15, 0.2) is 514 Å². The maximum absolute atomic E-state index is 9.73. The van der Waals surface area contributed by atoms with Gasteiger partial charge in [-0.3, -0.25) is 0 Å². The molecule has 0 spiro atoms. The summed E-state index contributed by atoms with van der Waals surface area (Å²) in [6.07, 6.45) is 0. The largest absolute Gasteiger partial charge is 0.508 e. The molecule has 20 aromatic rings. The summed E-state index contributed by atoms with van der Waals surface area (Å²) in [6, 6.07) is 167. The zero-order valence-corrected chi connectivity index (χ0v) is 75.5. The predicted molar refractivity (Wildman–Crippen MR) is 555 cm³/mol. The van der Waals surface area contributed by atoms with Crippen molar-refractivity contribution < 1.29 is 52.8 Å². The summed E-state index contributed by atoms with van der Waals surface area (Å²) >= 11 is 3.47. The number of phenols is 2. The zero-order chi connectivity index (χ0) is 92.4. The van der Waals surface area contributed by atoms with E-state index in [4.69, 9.17) is 42.6 Å². The zero-order valence-electron chi connectivity index (χ0n) is 73.9. The summed E-state index contributed by atoms with van der Waals surface area (Å²) in [7, 11) is 0.